The van der Waals surface area contributed by atoms with Crippen LogP contribution in [0.25, 0.3) is 22.4 Å². The van der Waals surface area contributed by atoms with Gasteiger partial charge >= 0.3 is 5.97 Å². The first kappa shape index (κ1) is 29.7. The fourth-order valence-corrected chi connectivity index (χ4v) is 4.40. The second kappa shape index (κ2) is 13.1. The molecular weight excluding hydrogens is 476 g/mol. The number of rotatable bonds is 11. The molecule has 1 aromatic carbocycles. The van der Waals surface area contributed by atoms with Crippen LogP contribution in [0.1, 0.15) is 55.3 Å². The SMILES string of the molecule is CC(C)n1c(CC[C@@H](O)C[C@@H](O)CC(=O)O)c(-c2ccc(F)cc2)c(-c2ccccn2)c1C(N)=O.[Na]. The number of carboxylic acids is 1. The van der Waals surface area contributed by atoms with Crippen molar-refractivity contribution in [2.24, 2.45) is 5.73 Å². The Labute approximate surface area is 231 Å². The summed E-state index contributed by atoms with van der Waals surface area (Å²) in [4.78, 5) is 28.0. The number of aliphatic hydroxyl groups is 2. The molecule has 0 bridgehead atoms. The standard InChI is InChI=1S/C26H30FN3O5.Na/c1-15(2)30-21(11-10-18(31)13-19(32)14-22(33)34)23(16-6-8-17(27)9-7-16)24(25(30)26(28)35)20-5-3-4-12-29-20;/h3-9,12,15,18-19,31-32H,10-11,13-14H2,1-2H3,(H2,28,35)(H,33,34);/t18-,19-;/m1./s1. The average Bonchev–Trinajstić information content (AvgIpc) is 3.14. The van der Waals surface area contributed by atoms with Crippen molar-refractivity contribution in [2.75, 3.05) is 0 Å². The van der Waals surface area contributed by atoms with E-state index in [1.54, 1.807) is 36.5 Å². The maximum absolute atomic E-state index is 13.7. The molecule has 0 aliphatic rings. The second-order valence-corrected chi connectivity index (χ2v) is 8.78. The van der Waals surface area contributed by atoms with E-state index in [1.807, 2.05) is 18.4 Å². The van der Waals surface area contributed by atoms with Gasteiger partial charge in [0, 0.05) is 58.6 Å². The van der Waals surface area contributed by atoms with Crippen LogP contribution in [-0.4, -0.2) is 78.5 Å². The Bertz CT molecular complexity index is 1180. The molecule has 0 spiro atoms. The van der Waals surface area contributed by atoms with Crippen molar-refractivity contribution in [3.63, 3.8) is 0 Å². The number of aromatic nitrogens is 2. The Morgan fingerprint density at radius 2 is 1.72 bits per heavy atom. The molecule has 2 aromatic heterocycles. The number of nitrogens with zero attached hydrogens (tertiary/aromatic N) is 2. The van der Waals surface area contributed by atoms with Gasteiger partial charge in [0.25, 0.3) is 5.91 Å². The van der Waals surface area contributed by atoms with Crippen LogP contribution in [-0.2, 0) is 11.2 Å². The molecule has 0 saturated heterocycles. The summed E-state index contributed by atoms with van der Waals surface area (Å²) in [5.41, 5.74) is 9.18. The third-order valence-corrected chi connectivity index (χ3v) is 5.78. The molecule has 3 aromatic rings. The molecule has 0 saturated carbocycles. The van der Waals surface area contributed by atoms with Gasteiger partial charge in [-0.2, -0.15) is 0 Å². The molecule has 2 heterocycles. The molecule has 8 nitrogen and oxygen atoms in total. The summed E-state index contributed by atoms with van der Waals surface area (Å²) < 4.78 is 15.6. The molecule has 2 atom stereocenters. The van der Waals surface area contributed by atoms with E-state index < -0.39 is 36.3 Å². The van der Waals surface area contributed by atoms with E-state index in [9.17, 15) is 24.2 Å². The molecule has 10 heteroatoms. The predicted octanol–water partition coefficient (Wildman–Crippen LogP) is 3.17. The number of hydrogen-bond acceptors (Lipinski definition) is 5. The van der Waals surface area contributed by atoms with Crippen LogP contribution < -0.4 is 5.73 Å². The van der Waals surface area contributed by atoms with Gasteiger partial charge in [-0.25, -0.2) is 4.39 Å². The van der Waals surface area contributed by atoms with Crippen molar-refractivity contribution in [1.29, 1.82) is 0 Å². The number of halogens is 1. The van der Waals surface area contributed by atoms with Crippen LogP contribution in [0.4, 0.5) is 4.39 Å². The topological polar surface area (TPSA) is 139 Å². The Morgan fingerprint density at radius 3 is 2.25 bits per heavy atom. The minimum atomic E-state index is -1.18. The second-order valence-electron chi connectivity index (χ2n) is 8.78. The summed E-state index contributed by atoms with van der Waals surface area (Å²) in [5.74, 6) is -2.20. The zero-order chi connectivity index (χ0) is 25.7. The van der Waals surface area contributed by atoms with E-state index in [1.165, 1.54) is 12.1 Å². The first-order valence-corrected chi connectivity index (χ1v) is 11.4. The predicted molar refractivity (Wildman–Crippen MR) is 135 cm³/mol. The number of carboxylic acid groups (broad SMARTS) is 1. The van der Waals surface area contributed by atoms with Crippen molar-refractivity contribution in [3.8, 4) is 22.4 Å². The van der Waals surface area contributed by atoms with E-state index in [-0.39, 0.29) is 54.1 Å². The quantitative estimate of drug-likeness (QED) is 0.295. The smallest absolute Gasteiger partial charge is 0.305 e. The molecule has 1 radical (unpaired) electrons. The number of carbonyl (C=O) groups is 2. The number of nitrogens with two attached hydrogens (primary N) is 1. The number of hydrogen-bond donors (Lipinski definition) is 4. The number of primary amides is 1. The monoisotopic (exact) mass is 506 g/mol. The number of aliphatic carboxylic acids is 1. The summed E-state index contributed by atoms with van der Waals surface area (Å²) in [6.07, 6.45) is -0.626. The van der Waals surface area contributed by atoms with Crippen LogP contribution in [0.15, 0.2) is 48.7 Å². The first-order valence-electron chi connectivity index (χ1n) is 11.4. The minimum absolute atomic E-state index is 0. The third-order valence-electron chi connectivity index (χ3n) is 5.78. The minimum Gasteiger partial charge on any atom is -0.481 e. The van der Waals surface area contributed by atoms with Gasteiger partial charge in [-0.3, -0.25) is 14.6 Å². The number of carbonyl (C=O) groups excluding carboxylic acids is 1. The fourth-order valence-electron chi connectivity index (χ4n) is 4.40. The van der Waals surface area contributed by atoms with Gasteiger partial charge in [-0.15, -0.1) is 0 Å². The maximum atomic E-state index is 13.7. The van der Waals surface area contributed by atoms with E-state index >= 15 is 0 Å². The van der Waals surface area contributed by atoms with Crippen LogP contribution in [0.5, 0.6) is 0 Å². The summed E-state index contributed by atoms with van der Waals surface area (Å²) in [7, 11) is 0. The summed E-state index contributed by atoms with van der Waals surface area (Å²) in [6.45, 7) is 3.80. The molecule has 0 unspecified atom stereocenters. The van der Waals surface area contributed by atoms with E-state index in [0.717, 1.165) is 0 Å². The molecule has 0 fully saturated rings. The van der Waals surface area contributed by atoms with Crippen molar-refractivity contribution < 1.29 is 29.3 Å². The van der Waals surface area contributed by atoms with Gasteiger partial charge < -0.3 is 25.6 Å². The molecule has 5 N–H and O–H groups in total. The number of amides is 1. The summed E-state index contributed by atoms with van der Waals surface area (Å²) in [6, 6.07) is 11.0. The molecule has 0 aliphatic heterocycles. The normalized spacial score (nSPS) is 12.7. The molecule has 0 aliphatic carbocycles. The van der Waals surface area contributed by atoms with Crippen LogP contribution in [0.3, 0.4) is 0 Å². The zero-order valence-electron chi connectivity index (χ0n) is 20.7. The summed E-state index contributed by atoms with van der Waals surface area (Å²) >= 11 is 0. The molecule has 36 heavy (non-hydrogen) atoms. The molecule has 1 amide bonds. The van der Waals surface area contributed by atoms with E-state index in [4.69, 9.17) is 10.8 Å². The fraction of sp³-hybridized carbons (Fsp3) is 0.346. The number of aliphatic hydroxyl groups excluding tert-OH is 2. The summed E-state index contributed by atoms with van der Waals surface area (Å²) in [5, 5.41) is 29.3. The van der Waals surface area contributed by atoms with Crippen molar-refractivity contribution >= 4 is 41.4 Å². The molecular formula is C26H30FN3NaO5. The number of pyridine rings is 1. The van der Waals surface area contributed by atoms with Crippen molar-refractivity contribution in [1.82, 2.24) is 9.55 Å². The van der Waals surface area contributed by atoms with Crippen LogP contribution in [0, 0.1) is 5.82 Å². The Kier molecular flexibility index (Phi) is 10.8. The van der Waals surface area contributed by atoms with Crippen LogP contribution >= 0.6 is 0 Å². The Balaban J connectivity index is 0.00000456. The molecule has 3 rings (SSSR count). The van der Waals surface area contributed by atoms with E-state index in [0.29, 0.717) is 34.5 Å². The van der Waals surface area contributed by atoms with Gasteiger partial charge in [0.1, 0.15) is 11.5 Å². The van der Waals surface area contributed by atoms with E-state index in [2.05, 4.69) is 4.98 Å². The van der Waals surface area contributed by atoms with Crippen LogP contribution in [0.2, 0.25) is 0 Å². The zero-order valence-corrected chi connectivity index (χ0v) is 22.7. The van der Waals surface area contributed by atoms with Crippen molar-refractivity contribution in [2.45, 2.75) is 57.8 Å². The first-order chi connectivity index (χ1) is 16.6. The average molecular weight is 507 g/mol. The van der Waals surface area contributed by atoms with Gasteiger partial charge in [0.05, 0.1) is 24.3 Å². The Hall–Kier alpha value is -2.56. The van der Waals surface area contributed by atoms with Gasteiger partial charge in [-0.05, 0) is 62.9 Å². The molecule has 187 valence electrons. The van der Waals surface area contributed by atoms with Crippen molar-refractivity contribution in [3.05, 3.63) is 65.9 Å². The maximum Gasteiger partial charge on any atom is 0.305 e. The van der Waals surface area contributed by atoms with Gasteiger partial charge in [-0.1, -0.05) is 18.2 Å². The Morgan fingerprint density at radius 1 is 1.06 bits per heavy atom. The van der Waals surface area contributed by atoms with Gasteiger partial charge in [0.15, 0.2) is 0 Å². The largest absolute Gasteiger partial charge is 0.481 e. The third kappa shape index (κ3) is 7.02. The van der Waals surface area contributed by atoms with Gasteiger partial charge in [0.2, 0.25) is 0 Å². The number of benzene rings is 1.